The molecular weight excluding hydrogens is 222 g/mol. The maximum absolute atomic E-state index is 9.18. The zero-order valence-electron chi connectivity index (χ0n) is 12.8. The van der Waals surface area contributed by atoms with Crippen molar-refractivity contribution >= 4 is 0 Å². The molecule has 0 aromatic rings. The van der Waals surface area contributed by atoms with Crippen LogP contribution < -0.4 is 5.32 Å². The molecule has 18 heavy (non-hydrogen) atoms. The summed E-state index contributed by atoms with van der Waals surface area (Å²) < 4.78 is 0. The van der Waals surface area contributed by atoms with Gasteiger partial charge in [0.15, 0.2) is 0 Å². The van der Waals surface area contributed by atoms with Gasteiger partial charge in [0.2, 0.25) is 0 Å². The van der Waals surface area contributed by atoms with Gasteiger partial charge in [0.05, 0.1) is 6.10 Å². The minimum absolute atomic E-state index is 0.144. The molecule has 108 valence electrons. The molecule has 2 N–H and O–H groups in total. The Bertz CT molecular complexity index is 212. The third kappa shape index (κ3) is 6.19. The second-order valence-corrected chi connectivity index (χ2v) is 7.28. The standard InChI is InChI=1S/C16H33NO/c1-13(18)6-5-11-17-12-14-7-9-15(10-8-14)16(2,3)4/h13-15,17-18H,5-12H2,1-4H3. The van der Waals surface area contributed by atoms with Crippen molar-refractivity contribution in [1.29, 1.82) is 0 Å². The predicted molar refractivity (Wildman–Crippen MR) is 78.7 cm³/mol. The Kier molecular flexibility index (Phi) is 6.65. The highest BCUT2D eigenvalue weighted by molar-refractivity contribution is 4.81. The van der Waals surface area contributed by atoms with Crippen LogP contribution in [-0.2, 0) is 0 Å². The Morgan fingerprint density at radius 3 is 2.28 bits per heavy atom. The molecule has 0 spiro atoms. The van der Waals surface area contributed by atoms with Gasteiger partial charge in [-0.3, -0.25) is 0 Å². The third-order valence-electron chi connectivity index (χ3n) is 4.48. The molecule has 1 saturated carbocycles. The van der Waals surface area contributed by atoms with E-state index in [9.17, 15) is 5.11 Å². The average molecular weight is 255 g/mol. The van der Waals surface area contributed by atoms with Gasteiger partial charge in [-0.25, -0.2) is 0 Å². The Hall–Kier alpha value is -0.0800. The molecule has 0 saturated heterocycles. The minimum Gasteiger partial charge on any atom is -0.393 e. The summed E-state index contributed by atoms with van der Waals surface area (Å²) in [6.45, 7) is 11.2. The molecule has 0 aliphatic heterocycles. The molecule has 1 rings (SSSR count). The van der Waals surface area contributed by atoms with Gasteiger partial charge in [-0.1, -0.05) is 20.8 Å². The highest BCUT2D eigenvalue weighted by Crippen LogP contribution is 2.39. The summed E-state index contributed by atoms with van der Waals surface area (Å²) in [6, 6.07) is 0. The zero-order chi connectivity index (χ0) is 13.6. The molecular formula is C16H33NO. The van der Waals surface area contributed by atoms with Crippen molar-refractivity contribution in [3.8, 4) is 0 Å². The van der Waals surface area contributed by atoms with Gasteiger partial charge in [-0.05, 0) is 75.8 Å². The van der Waals surface area contributed by atoms with E-state index in [2.05, 4.69) is 26.1 Å². The van der Waals surface area contributed by atoms with E-state index in [1.165, 1.54) is 32.2 Å². The molecule has 1 aliphatic carbocycles. The van der Waals surface area contributed by atoms with Crippen LogP contribution in [0.3, 0.4) is 0 Å². The lowest BCUT2D eigenvalue weighted by Crippen LogP contribution is -2.31. The molecule has 0 radical (unpaired) electrons. The third-order valence-corrected chi connectivity index (χ3v) is 4.48. The van der Waals surface area contributed by atoms with Crippen molar-refractivity contribution in [3.63, 3.8) is 0 Å². The van der Waals surface area contributed by atoms with Crippen molar-refractivity contribution in [2.45, 2.75) is 72.3 Å². The molecule has 1 atom stereocenters. The minimum atomic E-state index is -0.144. The van der Waals surface area contributed by atoms with Gasteiger partial charge in [0.1, 0.15) is 0 Å². The quantitative estimate of drug-likeness (QED) is 0.711. The van der Waals surface area contributed by atoms with Crippen LogP contribution in [0, 0.1) is 17.3 Å². The highest BCUT2D eigenvalue weighted by atomic mass is 16.3. The van der Waals surface area contributed by atoms with E-state index in [4.69, 9.17) is 0 Å². The monoisotopic (exact) mass is 255 g/mol. The maximum atomic E-state index is 9.18. The first-order valence-corrected chi connectivity index (χ1v) is 7.78. The normalized spacial score (nSPS) is 27.2. The maximum Gasteiger partial charge on any atom is 0.0512 e. The molecule has 2 nitrogen and oxygen atoms in total. The summed E-state index contributed by atoms with van der Waals surface area (Å²) >= 11 is 0. The van der Waals surface area contributed by atoms with E-state index in [1.807, 2.05) is 6.92 Å². The fourth-order valence-corrected chi connectivity index (χ4v) is 3.06. The van der Waals surface area contributed by atoms with Crippen molar-refractivity contribution < 1.29 is 5.11 Å². The summed E-state index contributed by atoms with van der Waals surface area (Å²) in [7, 11) is 0. The van der Waals surface area contributed by atoms with Crippen molar-refractivity contribution in [2.24, 2.45) is 17.3 Å². The van der Waals surface area contributed by atoms with E-state index >= 15 is 0 Å². The number of rotatable bonds is 6. The van der Waals surface area contributed by atoms with Crippen molar-refractivity contribution in [2.75, 3.05) is 13.1 Å². The number of aliphatic hydroxyl groups excluding tert-OH is 1. The van der Waals surface area contributed by atoms with E-state index < -0.39 is 0 Å². The van der Waals surface area contributed by atoms with E-state index in [0.29, 0.717) is 5.41 Å². The first-order chi connectivity index (χ1) is 8.39. The van der Waals surface area contributed by atoms with Gasteiger partial charge in [-0.15, -0.1) is 0 Å². The van der Waals surface area contributed by atoms with Crippen LogP contribution in [0.4, 0.5) is 0 Å². The fourth-order valence-electron chi connectivity index (χ4n) is 3.06. The highest BCUT2D eigenvalue weighted by Gasteiger charge is 2.29. The van der Waals surface area contributed by atoms with Crippen LogP contribution in [0.1, 0.15) is 66.2 Å². The molecule has 1 fully saturated rings. The molecule has 1 unspecified atom stereocenters. The fraction of sp³-hybridized carbons (Fsp3) is 1.00. The van der Waals surface area contributed by atoms with Gasteiger partial charge in [-0.2, -0.15) is 0 Å². The lowest BCUT2D eigenvalue weighted by atomic mass is 9.70. The summed E-state index contributed by atoms with van der Waals surface area (Å²) in [6.07, 6.45) is 7.47. The second kappa shape index (κ2) is 7.49. The summed E-state index contributed by atoms with van der Waals surface area (Å²) in [5, 5.41) is 12.7. The van der Waals surface area contributed by atoms with Crippen LogP contribution >= 0.6 is 0 Å². The van der Waals surface area contributed by atoms with Gasteiger partial charge < -0.3 is 10.4 Å². The van der Waals surface area contributed by atoms with E-state index in [0.717, 1.165) is 31.2 Å². The zero-order valence-corrected chi connectivity index (χ0v) is 12.8. The van der Waals surface area contributed by atoms with Crippen LogP contribution in [0.2, 0.25) is 0 Å². The number of nitrogens with one attached hydrogen (secondary N) is 1. The van der Waals surface area contributed by atoms with Crippen LogP contribution in [0.15, 0.2) is 0 Å². The first kappa shape index (κ1) is 16.0. The number of hydrogen-bond donors (Lipinski definition) is 2. The molecule has 0 bridgehead atoms. The van der Waals surface area contributed by atoms with E-state index in [1.54, 1.807) is 0 Å². The number of hydrogen-bond acceptors (Lipinski definition) is 2. The lowest BCUT2D eigenvalue weighted by Gasteiger charge is -2.37. The largest absolute Gasteiger partial charge is 0.393 e. The molecule has 0 amide bonds. The topological polar surface area (TPSA) is 32.3 Å². The summed E-state index contributed by atoms with van der Waals surface area (Å²) in [4.78, 5) is 0. The predicted octanol–water partition coefficient (Wildman–Crippen LogP) is 3.59. The Morgan fingerprint density at radius 1 is 1.17 bits per heavy atom. The van der Waals surface area contributed by atoms with E-state index in [-0.39, 0.29) is 6.10 Å². The van der Waals surface area contributed by atoms with Crippen molar-refractivity contribution in [3.05, 3.63) is 0 Å². The first-order valence-electron chi connectivity index (χ1n) is 7.78. The Labute approximate surface area is 114 Å². The van der Waals surface area contributed by atoms with Crippen LogP contribution in [-0.4, -0.2) is 24.3 Å². The lowest BCUT2D eigenvalue weighted by molar-refractivity contribution is 0.148. The Balaban J connectivity index is 2.06. The smallest absolute Gasteiger partial charge is 0.0512 e. The molecule has 1 aliphatic rings. The molecule has 0 aromatic carbocycles. The molecule has 0 aromatic heterocycles. The molecule has 2 heteroatoms. The van der Waals surface area contributed by atoms with Gasteiger partial charge in [0.25, 0.3) is 0 Å². The van der Waals surface area contributed by atoms with Gasteiger partial charge >= 0.3 is 0 Å². The molecule has 0 heterocycles. The van der Waals surface area contributed by atoms with Gasteiger partial charge in [0, 0.05) is 0 Å². The SMILES string of the molecule is CC(O)CCCNCC1CCC(C(C)(C)C)CC1. The van der Waals surface area contributed by atoms with Crippen LogP contribution in [0.5, 0.6) is 0 Å². The number of aliphatic hydroxyl groups is 1. The summed E-state index contributed by atoms with van der Waals surface area (Å²) in [5.41, 5.74) is 0.496. The average Bonchev–Trinajstić information content (AvgIpc) is 2.27. The second-order valence-electron chi connectivity index (χ2n) is 7.28. The van der Waals surface area contributed by atoms with Crippen molar-refractivity contribution in [1.82, 2.24) is 5.32 Å². The van der Waals surface area contributed by atoms with Crippen LogP contribution in [0.25, 0.3) is 0 Å². The Morgan fingerprint density at radius 2 is 1.78 bits per heavy atom. The summed E-state index contributed by atoms with van der Waals surface area (Å²) in [5.74, 6) is 1.80.